The molecule has 0 N–H and O–H groups in total. The summed E-state index contributed by atoms with van der Waals surface area (Å²) in [6, 6.07) is 5.60. The molecule has 1 amide bonds. The smallest absolute Gasteiger partial charge is 0.224 e. The Bertz CT molecular complexity index is 878. The van der Waals surface area contributed by atoms with Crippen molar-refractivity contribution in [2.75, 3.05) is 6.54 Å². The van der Waals surface area contributed by atoms with Gasteiger partial charge in [-0.15, -0.1) is 0 Å². The third-order valence-electron chi connectivity index (χ3n) is 7.77. The highest BCUT2D eigenvalue weighted by molar-refractivity contribution is 5.78. The van der Waals surface area contributed by atoms with Gasteiger partial charge in [0.25, 0.3) is 0 Å². The molecular formula is C26H38FN3O. The van der Waals surface area contributed by atoms with E-state index in [2.05, 4.69) is 23.3 Å². The van der Waals surface area contributed by atoms with Crippen LogP contribution in [0.15, 0.2) is 18.2 Å². The lowest BCUT2D eigenvalue weighted by Crippen LogP contribution is -2.41. The number of halogens is 1. The number of hydrogen-bond donors (Lipinski definition) is 0. The van der Waals surface area contributed by atoms with E-state index in [1.54, 1.807) is 6.07 Å². The predicted octanol–water partition coefficient (Wildman–Crippen LogP) is 6.43. The summed E-state index contributed by atoms with van der Waals surface area (Å²) >= 11 is 0. The number of rotatable bonds is 7. The van der Waals surface area contributed by atoms with E-state index < -0.39 is 0 Å². The van der Waals surface area contributed by atoms with Crippen molar-refractivity contribution in [1.82, 2.24) is 14.5 Å². The van der Waals surface area contributed by atoms with Crippen LogP contribution in [-0.2, 0) is 11.3 Å². The summed E-state index contributed by atoms with van der Waals surface area (Å²) in [5, 5.41) is 0. The third-order valence-corrected chi connectivity index (χ3v) is 7.77. The molecule has 0 bridgehead atoms. The van der Waals surface area contributed by atoms with Crippen molar-refractivity contribution in [2.45, 2.75) is 103 Å². The summed E-state index contributed by atoms with van der Waals surface area (Å²) in [7, 11) is 0. The number of aromatic nitrogens is 2. The van der Waals surface area contributed by atoms with Gasteiger partial charge in [0.2, 0.25) is 5.91 Å². The highest BCUT2D eigenvalue weighted by atomic mass is 19.1. The molecule has 4 nitrogen and oxygen atoms in total. The highest BCUT2D eigenvalue weighted by Crippen LogP contribution is 2.38. The van der Waals surface area contributed by atoms with Crippen LogP contribution in [0.3, 0.4) is 0 Å². The van der Waals surface area contributed by atoms with Crippen LogP contribution in [0.4, 0.5) is 4.39 Å². The van der Waals surface area contributed by atoms with E-state index in [0.717, 1.165) is 49.5 Å². The molecule has 170 valence electrons. The van der Waals surface area contributed by atoms with Crippen molar-refractivity contribution in [3.8, 4) is 0 Å². The Balaban J connectivity index is 1.54. The van der Waals surface area contributed by atoms with Gasteiger partial charge >= 0.3 is 0 Å². The summed E-state index contributed by atoms with van der Waals surface area (Å²) in [4.78, 5) is 20.0. The van der Waals surface area contributed by atoms with Gasteiger partial charge < -0.3 is 9.47 Å². The first kappa shape index (κ1) is 22.3. The fourth-order valence-corrected chi connectivity index (χ4v) is 5.89. The average molecular weight is 428 g/mol. The molecule has 1 heterocycles. The molecule has 0 unspecified atom stereocenters. The number of nitrogens with zero attached hydrogens (tertiary/aromatic N) is 3. The topological polar surface area (TPSA) is 38.1 Å². The van der Waals surface area contributed by atoms with Crippen molar-refractivity contribution < 1.29 is 9.18 Å². The van der Waals surface area contributed by atoms with E-state index in [1.165, 1.54) is 44.6 Å². The lowest BCUT2D eigenvalue weighted by Gasteiger charge is -2.34. The van der Waals surface area contributed by atoms with Gasteiger partial charge in [-0.3, -0.25) is 4.79 Å². The number of carbonyl (C=O) groups is 1. The van der Waals surface area contributed by atoms with E-state index in [1.807, 2.05) is 6.07 Å². The molecule has 0 radical (unpaired) electrons. The third kappa shape index (κ3) is 4.80. The van der Waals surface area contributed by atoms with Gasteiger partial charge in [0.15, 0.2) is 5.82 Å². The minimum Gasteiger partial charge on any atom is -0.340 e. The summed E-state index contributed by atoms with van der Waals surface area (Å²) in [6.45, 7) is 5.72. The summed E-state index contributed by atoms with van der Waals surface area (Å²) in [5.74, 6) is 2.13. The van der Waals surface area contributed by atoms with Gasteiger partial charge in [-0.1, -0.05) is 38.7 Å². The van der Waals surface area contributed by atoms with Crippen LogP contribution in [0.5, 0.6) is 0 Å². The molecule has 0 spiro atoms. The minimum atomic E-state index is -0.261. The lowest BCUT2D eigenvalue weighted by molar-refractivity contribution is -0.134. The number of para-hydroxylation sites is 1. The molecule has 2 saturated carbocycles. The van der Waals surface area contributed by atoms with E-state index in [0.29, 0.717) is 30.4 Å². The maximum atomic E-state index is 14.5. The molecule has 5 heteroatoms. The van der Waals surface area contributed by atoms with Gasteiger partial charge in [-0.2, -0.15) is 0 Å². The van der Waals surface area contributed by atoms with Crippen LogP contribution in [0.2, 0.25) is 0 Å². The van der Waals surface area contributed by atoms with Crippen LogP contribution in [0.25, 0.3) is 11.0 Å². The maximum Gasteiger partial charge on any atom is 0.224 e. The number of carbonyl (C=O) groups excluding carboxylic acids is 1. The van der Waals surface area contributed by atoms with Crippen LogP contribution in [0, 0.1) is 11.7 Å². The zero-order chi connectivity index (χ0) is 21.8. The maximum absolute atomic E-state index is 14.5. The summed E-state index contributed by atoms with van der Waals surface area (Å²) in [6.07, 6.45) is 12.4. The number of fused-ring (bicyclic) bond motifs is 1. The first-order chi connectivity index (χ1) is 15.1. The quantitative estimate of drug-likeness (QED) is 0.510. The van der Waals surface area contributed by atoms with Crippen LogP contribution in [-0.4, -0.2) is 32.9 Å². The Morgan fingerprint density at radius 1 is 1.10 bits per heavy atom. The summed E-state index contributed by atoms with van der Waals surface area (Å²) < 4.78 is 16.7. The second-order valence-electron chi connectivity index (χ2n) is 9.58. The van der Waals surface area contributed by atoms with E-state index in [-0.39, 0.29) is 11.7 Å². The van der Waals surface area contributed by atoms with Gasteiger partial charge in [0, 0.05) is 31.5 Å². The lowest BCUT2D eigenvalue weighted by atomic mass is 9.80. The molecule has 0 atom stereocenters. The van der Waals surface area contributed by atoms with Gasteiger partial charge in [0.05, 0.1) is 5.52 Å². The molecule has 2 aromatic rings. The number of amides is 1. The molecule has 1 aromatic carbocycles. The predicted molar refractivity (Wildman–Crippen MR) is 124 cm³/mol. The fraction of sp³-hybridized carbons (Fsp3) is 0.692. The van der Waals surface area contributed by atoms with Crippen LogP contribution in [0.1, 0.15) is 96.2 Å². The van der Waals surface area contributed by atoms with Crippen molar-refractivity contribution >= 4 is 16.9 Å². The Morgan fingerprint density at radius 2 is 1.84 bits per heavy atom. The molecular weight excluding hydrogens is 389 g/mol. The van der Waals surface area contributed by atoms with Gasteiger partial charge in [0.1, 0.15) is 11.3 Å². The van der Waals surface area contributed by atoms with Crippen LogP contribution < -0.4 is 0 Å². The van der Waals surface area contributed by atoms with E-state index in [9.17, 15) is 9.18 Å². The molecule has 0 aliphatic heterocycles. The van der Waals surface area contributed by atoms with Crippen molar-refractivity contribution in [1.29, 1.82) is 0 Å². The summed E-state index contributed by atoms with van der Waals surface area (Å²) in [5.41, 5.74) is 1.29. The van der Waals surface area contributed by atoms with Crippen LogP contribution >= 0.6 is 0 Å². The zero-order valence-corrected chi connectivity index (χ0v) is 19.3. The Hall–Kier alpha value is -1.91. The number of hydrogen-bond acceptors (Lipinski definition) is 2. The normalized spacial score (nSPS) is 22.7. The second kappa shape index (κ2) is 10.1. The Labute approximate surface area is 186 Å². The number of benzene rings is 1. The molecule has 0 saturated heterocycles. The molecule has 4 rings (SSSR count). The first-order valence-electron chi connectivity index (χ1n) is 12.6. The van der Waals surface area contributed by atoms with E-state index >= 15 is 0 Å². The SMILES string of the molecule is CCC1CCC(c2nc3c(F)cccc3n2CCC(=O)N(CC)C2CCCCC2)CC1. The minimum absolute atomic E-state index is 0.230. The van der Waals surface area contributed by atoms with Crippen molar-refractivity contribution in [3.63, 3.8) is 0 Å². The number of aryl methyl sites for hydroxylation is 1. The Kier molecular flexibility index (Phi) is 7.29. The molecule has 31 heavy (non-hydrogen) atoms. The molecule has 2 fully saturated rings. The van der Waals surface area contributed by atoms with E-state index in [4.69, 9.17) is 4.98 Å². The number of imidazole rings is 1. The fourth-order valence-electron chi connectivity index (χ4n) is 5.89. The molecule has 2 aliphatic carbocycles. The van der Waals surface area contributed by atoms with Crippen molar-refractivity contribution in [3.05, 3.63) is 29.8 Å². The molecule has 1 aromatic heterocycles. The first-order valence-corrected chi connectivity index (χ1v) is 12.6. The van der Waals surface area contributed by atoms with Gasteiger partial charge in [-0.05, 0) is 63.5 Å². The second-order valence-corrected chi connectivity index (χ2v) is 9.58. The average Bonchev–Trinajstić information content (AvgIpc) is 3.19. The Morgan fingerprint density at radius 3 is 2.52 bits per heavy atom. The highest BCUT2D eigenvalue weighted by Gasteiger charge is 2.28. The van der Waals surface area contributed by atoms with Gasteiger partial charge in [-0.25, -0.2) is 9.37 Å². The zero-order valence-electron chi connectivity index (χ0n) is 19.3. The monoisotopic (exact) mass is 427 g/mol. The largest absolute Gasteiger partial charge is 0.340 e. The molecule has 2 aliphatic rings. The standard InChI is InChI=1S/C26H38FN3O/c1-3-19-13-15-20(16-14-19)26-28-25-22(27)11-8-12-23(25)30(26)18-17-24(31)29(4-2)21-9-6-5-7-10-21/h8,11-12,19-21H,3-7,9-10,13-18H2,1-2H3. The van der Waals surface area contributed by atoms with Crippen molar-refractivity contribution in [2.24, 2.45) is 5.92 Å².